The Kier molecular flexibility index (Phi) is 5.06. The first kappa shape index (κ1) is 17.5. The Labute approximate surface area is 161 Å². The highest BCUT2D eigenvalue weighted by molar-refractivity contribution is 7.15. The smallest absolute Gasteiger partial charge is 0.228 e. The highest BCUT2D eigenvalue weighted by Gasteiger charge is 2.23. The summed E-state index contributed by atoms with van der Waals surface area (Å²) in [6.07, 6.45) is 7.42. The molecule has 0 saturated carbocycles. The molecule has 0 atom stereocenters. The van der Waals surface area contributed by atoms with E-state index in [1.54, 1.807) is 42.2 Å². The SMILES string of the molecule is Cc1nc(-c2cccnc2)sc1CC(=O)N1CCN(c2ncccn2)CC1. The topological polar surface area (TPSA) is 75.1 Å². The number of nitrogens with zero attached hydrogens (tertiary/aromatic N) is 6. The largest absolute Gasteiger partial charge is 0.339 e. The normalized spacial score (nSPS) is 14.4. The highest BCUT2D eigenvalue weighted by Crippen LogP contribution is 2.28. The van der Waals surface area contributed by atoms with E-state index < -0.39 is 0 Å². The minimum atomic E-state index is 0.146. The van der Waals surface area contributed by atoms with Crippen LogP contribution in [0.1, 0.15) is 10.6 Å². The standard InChI is InChI=1S/C19H20N6OS/c1-14-16(27-18(23-14)15-4-2-5-20-13-15)12-17(26)24-8-10-25(11-9-24)19-21-6-3-7-22-19/h2-7,13H,8-12H2,1H3. The predicted molar refractivity (Wildman–Crippen MR) is 105 cm³/mol. The van der Waals surface area contributed by atoms with E-state index in [4.69, 9.17) is 0 Å². The van der Waals surface area contributed by atoms with Gasteiger partial charge in [-0.05, 0) is 25.1 Å². The van der Waals surface area contributed by atoms with Crippen LogP contribution in [-0.4, -0.2) is 56.9 Å². The van der Waals surface area contributed by atoms with Gasteiger partial charge >= 0.3 is 0 Å². The molecular weight excluding hydrogens is 360 g/mol. The van der Waals surface area contributed by atoms with Crippen LogP contribution in [0, 0.1) is 6.92 Å². The Hall–Kier alpha value is -2.87. The van der Waals surface area contributed by atoms with Gasteiger partial charge in [0.05, 0.1) is 12.1 Å². The molecule has 3 aromatic rings. The summed E-state index contributed by atoms with van der Waals surface area (Å²) in [6.45, 7) is 4.83. The van der Waals surface area contributed by atoms with E-state index >= 15 is 0 Å². The number of aryl methyl sites for hydroxylation is 1. The third-order valence-electron chi connectivity index (χ3n) is 4.58. The number of aromatic nitrogens is 4. The van der Waals surface area contributed by atoms with E-state index in [2.05, 4.69) is 24.8 Å². The van der Waals surface area contributed by atoms with Crippen molar-refractivity contribution in [3.63, 3.8) is 0 Å². The molecule has 1 fully saturated rings. The van der Waals surface area contributed by atoms with Crippen molar-refractivity contribution in [2.45, 2.75) is 13.3 Å². The summed E-state index contributed by atoms with van der Waals surface area (Å²) >= 11 is 1.57. The van der Waals surface area contributed by atoms with E-state index in [9.17, 15) is 4.79 Å². The van der Waals surface area contributed by atoms with E-state index in [1.807, 2.05) is 24.0 Å². The number of piperazine rings is 1. The molecule has 3 aromatic heterocycles. The van der Waals surface area contributed by atoms with E-state index in [0.29, 0.717) is 19.5 Å². The van der Waals surface area contributed by atoms with Gasteiger partial charge in [-0.3, -0.25) is 9.78 Å². The third kappa shape index (κ3) is 3.95. The molecule has 4 rings (SSSR count). The van der Waals surface area contributed by atoms with Crippen molar-refractivity contribution in [1.82, 2.24) is 24.8 Å². The second kappa shape index (κ2) is 7.79. The molecule has 0 unspecified atom stereocenters. The first-order chi connectivity index (χ1) is 13.2. The molecule has 0 radical (unpaired) electrons. The number of carbonyl (C=O) groups excluding carboxylic acids is 1. The lowest BCUT2D eigenvalue weighted by Gasteiger charge is -2.34. The van der Waals surface area contributed by atoms with Crippen molar-refractivity contribution in [3.8, 4) is 10.6 Å². The Balaban J connectivity index is 1.38. The van der Waals surface area contributed by atoms with Crippen LogP contribution in [0.25, 0.3) is 10.6 Å². The zero-order valence-electron chi connectivity index (χ0n) is 15.1. The van der Waals surface area contributed by atoms with Crippen molar-refractivity contribution in [1.29, 1.82) is 0 Å². The quantitative estimate of drug-likeness (QED) is 0.691. The van der Waals surface area contributed by atoms with Gasteiger partial charge in [-0.25, -0.2) is 15.0 Å². The van der Waals surface area contributed by atoms with Crippen molar-refractivity contribution in [2.75, 3.05) is 31.1 Å². The molecule has 27 heavy (non-hydrogen) atoms. The van der Waals surface area contributed by atoms with Gasteiger partial charge < -0.3 is 9.80 Å². The third-order valence-corrected chi connectivity index (χ3v) is 5.79. The maximum Gasteiger partial charge on any atom is 0.228 e. The zero-order valence-corrected chi connectivity index (χ0v) is 15.9. The van der Waals surface area contributed by atoms with E-state index in [0.717, 1.165) is 40.2 Å². The van der Waals surface area contributed by atoms with Crippen molar-refractivity contribution in [2.24, 2.45) is 0 Å². The summed E-state index contributed by atoms with van der Waals surface area (Å²) in [5.74, 6) is 0.872. The van der Waals surface area contributed by atoms with Gasteiger partial charge in [0.1, 0.15) is 5.01 Å². The maximum absolute atomic E-state index is 12.8. The molecule has 1 aliphatic rings. The van der Waals surface area contributed by atoms with Crippen LogP contribution in [0.2, 0.25) is 0 Å². The Morgan fingerprint density at radius 2 is 1.89 bits per heavy atom. The first-order valence-electron chi connectivity index (χ1n) is 8.87. The molecule has 0 spiro atoms. The Bertz CT molecular complexity index is 906. The minimum absolute atomic E-state index is 0.146. The van der Waals surface area contributed by atoms with Gasteiger partial charge in [-0.2, -0.15) is 0 Å². The van der Waals surface area contributed by atoms with E-state index in [1.165, 1.54) is 0 Å². The van der Waals surface area contributed by atoms with Crippen LogP contribution in [0.3, 0.4) is 0 Å². The molecular formula is C19H20N6OS. The average Bonchev–Trinajstić information content (AvgIpc) is 3.10. The lowest BCUT2D eigenvalue weighted by molar-refractivity contribution is -0.130. The van der Waals surface area contributed by atoms with Gasteiger partial charge in [0, 0.05) is 61.4 Å². The summed E-state index contributed by atoms with van der Waals surface area (Å²) in [6, 6.07) is 5.69. The molecule has 1 aliphatic heterocycles. The second-order valence-electron chi connectivity index (χ2n) is 6.36. The lowest BCUT2D eigenvalue weighted by atomic mass is 10.2. The number of pyridine rings is 1. The summed E-state index contributed by atoms with van der Waals surface area (Å²) in [5.41, 5.74) is 1.91. The number of hydrogen-bond donors (Lipinski definition) is 0. The fourth-order valence-electron chi connectivity index (χ4n) is 3.06. The minimum Gasteiger partial charge on any atom is -0.339 e. The van der Waals surface area contributed by atoms with Gasteiger partial charge in [0.15, 0.2) is 0 Å². The summed E-state index contributed by atoms with van der Waals surface area (Å²) in [7, 11) is 0. The molecule has 7 nitrogen and oxygen atoms in total. The predicted octanol–water partition coefficient (Wildman–Crippen LogP) is 2.19. The molecule has 8 heteroatoms. The second-order valence-corrected chi connectivity index (χ2v) is 7.45. The van der Waals surface area contributed by atoms with Crippen LogP contribution in [0.15, 0.2) is 43.0 Å². The monoisotopic (exact) mass is 380 g/mol. The molecule has 4 heterocycles. The highest BCUT2D eigenvalue weighted by atomic mass is 32.1. The fraction of sp³-hybridized carbons (Fsp3) is 0.316. The lowest BCUT2D eigenvalue weighted by Crippen LogP contribution is -2.49. The molecule has 0 aromatic carbocycles. The van der Waals surface area contributed by atoms with Gasteiger partial charge in [-0.1, -0.05) is 0 Å². The van der Waals surface area contributed by atoms with Gasteiger partial charge in [0.2, 0.25) is 11.9 Å². The van der Waals surface area contributed by atoms with Crippen LogP contribution in [-0.2, 0) is 11.2 Å². The number of thiazole rings is 1. The molecule has 138 valence electrons. The van der Waals surface area contributed by atoms with Crippen LogP contribution in [0.4, 0.5) is 5.95 Å². The molecule has 0 bridgehead atoms. The fourth-order valence-corrected chi connectivity index (χ4v) is 4.11. The number of hydrogen-bond acceptors (Lipinski definition) is 7. The molecule has 0 aliphatic carbocycles. The summed E-state index contributed by atoms with van der Waals surface area (Å²) < 4.78 is 0. The number of amides is 1. The maximum atomic E-state index is 12.8. The number of anilines is 1. The summed E-state index contributed by atoms with van der Waals surface area (Å²) in [5, 5.41) is 0.912. The number of carbonyl (C=O) groups is 1. The van der Waals surface area contributed by atoms with E-state index in [-0.39, 0.29) is 5.91 Å². The van der Waals surface area contributed by atoms with Gasteiger partial charge in [-0.15, -0.1) is 11.3 Å². The summed E-state index contributed by atoms with van der Waals surface area (Å²) in [4.78, 5) is 35.1. The van der Waals surface area contributed by atoms with Crippen molar-refractivity contribution in [3.05, 3.63) is 53.6 Å². The molecule has 1 amide bonds. The van der Waals surface area contributed by atoms with Crippen molar-refractivity contribution < 1.29 is 4.79 Å². The first-order valence-corrected chi connectivity index (χ1v) is 9.69. The van der Waals surface area contributed by atoms with Crippen LogP contribution < -0.4 is 4.90 Å². The Morgan fingerprint density at radius 1 is 1.11 bits per heavy atom. The zero-order chi connectivity index (χ0) is 18.6. The van der Waals surface area contributed by atoms with Crippen LogP contribution >= 0.6 is 11.3 Å². The molecule has 0 N–H and O–H groups in total. The number of rotatable bonds is 4. The van der Waals surface area contributed by atoms with Crippen molar-refractivity contribution >= 4 is 23.2 Å². The molecule has 1 saturated heterocycles. The van der Waals surface area contributed by atoms with Crippen LogP contribution in [0.5, 0.6) is 0 Å². The van der Waals surface area contributed by atoms with Gasteiger partial charge in [0.25, 0.3) is 0 Å². The average molecular weight is 380 g/mol. The Morgan fingerprint density at radius 3 is 2.59 bits per heavy atom.